The molecule has 0 saturated carbocycles. The lowest BCUT2D eigenvalue weighted by atomic mass is 10.0. The zero-order chi connectivity index (χ0) is 15.2. The van der Waals surface area contributed by atoms with Crippen LogP contribution in [0.15, 0.2) is 18.2 Å². The monoisotopic (exact) mass is 292 g/mol. The molecule has 1 unspecified atom stereocenters. The first-order valence-corrected chi connectivity index (χ1v) is 7.40. The van der Waals surface area contributed by atoms with E-state index in [0.29, 0.717) is 18.7 Å². The van der Waals surface area contributed by atoms with Gasteiger partial charge in [-0.15, -0.1) is 0 Å². The number of carbonyl (C=O) groups excluding carboxylic acids is 1. The third-order valence-corrected chi connectivity index (χ3v) is 4.05. The molecular weight excluding hydrogens is 268 g/mol. The fourth-order valence-electron chi connectivity index (χ4n) is 2.86. The zero-order valence-corrected chi connectivity index (χ0v) is 12.8. The second kappa shape index (κ2) is 7.31. The Hall–Kier alpha value is -1.75. The van der Waals surface area contributed by atoms with Crippen LogP contribution in [-0.2, 0) is 11.2 Å². The number of carbonyl (C=O) groups is 1. The van der Waals surface area contributed by atoms with Crippen molar-refractivity contribution in [2.75, 3.05) is 27.3 Å². The third kappa shape index (κ3) is 3.67. The number of hydrogen-bond acceptors (Lipinski definition) is 4. The molecule has 5 heteroatoms. The Kier molecular flexibility index (Phi) is 5.44. The summed E-state index contributed by atoms with van der Waals surface area (Å²) in [4.78, 5) is 14.5. The van der Waals surface area contributed by atoms with Gasteiger partial charge in [-0.2, -0.15) is 0 Å². The van der Waals surface area contributed by atoms with Gasteiger partial charge in [0.2, 0.25) is 5.91 Å². The van der Waals surface area contributed by atoms with Crippen LogP contribution in [0.25, 0.3) is 0 Å². The Bertz CT molecular complexity index is 490. The van der Waals surface area contributed by atoms with Crippen molar-refractivity contribution in [1.29, 1.82) is 0 Å². The van der Waals surface area contributed by atoms with Crippen molar-refractivity contribution >= 4 is 5.91 Å². The van der Waals surface area contributed by atoms with E-state index in [9.17, 15) is 4.79 Å². The van der Waals surface area contributed by atoms with Crippen molar-refractivity contribution in [3.63, 3.8) is 0 Å². The van der Waals surface area contributed by atoms with Crippen LogP contribution >= 0.6 is 0 Å². The first-order chi connectivity index (χ1) is 10.2. The normalized spacial score (nSPS) is 18.4. The van der Waals surface area contributed by atoms with E-state index in [0.717, 1.165) is 37.1 Å². The quantitative estimate of drug-likeness (QED) is 0.895. The van der Waals surface area contributed by atoms with Crippen molar-refractivity contribution in [2.45, 2.75) is 31.7 Å². The fraction of sp³-hybridized carbons (Fsp3) is 0.562. The number of amides is 1. The maximum absolute atomic E-state index is 12.6. The second-order valence-corrected chi connectivity index (χ2v) is 5.33. The lowest BCUT2D eigenvalue weighted by Gasteiger charge is -2.35. The van der Waals surface area contributed by atoms with Crippen LogP contribution in [-0.4, -0.2) is 44.2 Å². The molecule has 1 aliphatic rings. The van der Waals surface area contributed by atoms with Gasteiger partial charge in [0.25, 0.3) is 0 Å². The highest BCUT2D eigenvalue weighted by Gasteiger charge is 2.26. The summed E-state index contributed by atoms with van der Waals surface area (Å²) in [6.07, 6.45) is 3.51. The summed E-state index contributed by atoms with van der Waals surface area (Å²) in [6.45, 7) is 1.33. The van der Waals surface area contributed by atoms with Crippen molar-refractivity contribution in [1.82, 2.24) is 4.90 Å². The zero-order valence-electron chi connectivity index (χ0n) is 12.8. The molecule has 1 aliphatic heterocycles. The van der Waals surface area contributed by atoms with Gasteiger partial charge in [0.05, 0.1) is 20.6 Å². The standard InChI is InChI=1S/C16H24N2O3/c1-20-14-6-7-15(21-2)12(9-14)10-16(19)18-8-4-3-5-13(18)11-17/h6-7,9,13H,3-5,8,10-11,17H2,1-2H3. The number of piperidine rings is 1. The number of ether oxygens (including phenoxy) is 2. The molecule has 1 atom stereocenters. The first kappa shape index (κ1) is 15.6. The third-order valence-electron chi connectivity index (χ3n) is 4.05. The topological polar surface area (TPSA) is 64.8 Å². The van der Waals surface area contributed by atoms with Crippen molar-refractivity contribution in [2.24, 2.45) is 5.73 Å². The van der Waals surface area contributed by atoms with Gasteiger partial charge < -0.3 is 20.1 Å². The van der Waals surface area contributed by atoms with Crippen LogP contribution in [0.4, 0.5) is 0 Å². The molecule has 1 heterocycles. The fourth-order valence-corrected chi connectivity index (χ4v) is 2.86. The van der Waals surface area contributed by atoms with Gasteiger partial charge in [-0.05, 0) is 37.5 Å². The number of rotatable bonds is 5. The second-order valence-electron chi connectivity index (χ2n) is 5.33. The van der Waals surface area contributed by atoms with E-state index < -0.39 is 0 Å². The molecule has 2 rings (SSSR count). The average molecular weight is 292 g/mol. The molecule has 0 radical (unpaired) electrons. The van der Waals surface area contributed by atoms with Crippen LogP contribution in [0.5, 0.6) is 11.5 Å². The Balaban J connectivity index is 2.14. The summed E-state index contributed by atoms with van der Waals surface area (Å²) in [7, 11) is 3.22. The number of nitrogens with two attached hydrogens (primary N) is 1. The Morgan fingerprint density at radius 1 is 1.33 bits per heavy atom. The molecule has 5 nitrogen and oxygen atoms in total. The summed E-state index contributed by atoms with van der Waals surface area (Å²) in [5.74, 6) is 1.55. The minimum absolute atomic E-state index is 0.108. The molecule has 21 heavy (non-hydrogen) atoms. The minimum Gasteiger partial charge on any atom is -0.497 e. The highest BCUT2D eigenvalue weighted by atomic mass is 16.5. The molecule has 0 spiro atoms. The highest BCUT2D eigenvalue weighted by molar-refractivity contribution is 5.80. The predicted molar refractivity (Wildman–Crippen MR) is 81.7 cm³/mol. The number of nitrogens with zero attached hydrogens (tertiary/aromatic N) is 1. The van der Waals surface area contributed by atoms with E-state index in [4.69, 9.17) is 15.2 Å². The van der Waals surface area contributed by atoms with Gasteiger partial charge in [0.1, 0.15) is 11.5 Å². The number of benzene rings is 1. The Labute approximate surface area is 126 Å². The van der Waals surface area contributed by atoms with Crippen LogP contribution < -0.4 is 15.2 Å². The van der Waals surface area contributed by atoms with E-state index in [1.54, 1.807) is 14.2 Å². The van der Waals surface area contributed by atoms with Crippen molar-refractivity contribution in [3.8, 4) is 11.5 Å². The molecule has 0 aromatic heterocycles. The number of likely N-dealkylation sites (tertiary alicyclic amines) is 1. The summed E-state index contributed by atoms with van der Waals surface area (Å²) in [5, 5.41) is 0. The van der Waals surface area contributed by atoms with Crippen LogP contribution in [0.2, 0.25) is 0 Å². The summed E-state index contributed by atoms with van der Waals surface area (Å²) in [6, 6.07) is 5.69. The Morgan fingerprint density at radius 3 is 2.81 bits per heavy atom. The largest absolute Gasteiger partial charge is 0.497 e. The maximum atomic E-state index is 12.6. The molecule has 1 aromatic carbocycles. The molecule has 116 valence electrons. The maximum Gasteiger partial charge on any atom is 0.227 e. The van der Waals surface area contributed by atoms with E-state index in [2.05, 4.69) is 0 Å². The van der Waals surface area contributed by atoms with Gasteiger partial charge in [-0.3, -0.25) is 4.79 Å². The molecule has 1 aromatic rings. The van der Waals surface area contributed by atoms with Crippen molar-refractivity contribution < 1.29 is 14.3 Å². The van der Waals surface area contributed by atoms with E-state index >= 15 is 0 Å². The molecule has 1 amide bonds. The Morgan fingerprint density at radius 2 is 2.14 bits per heavy atom. The highest BCUT2D eigenvalue weighted by Crippen LogP contribution is 2.26. The summed E-state index contributed by atoms with van der Waals surface area (Å²) < 4.78 is 10.6. The van der Waals surface area contributed by atoms with E-state index in [-0.39, 0.29) is 11.9 Å². The van der Waals surface area contributed by atoms with Crippen molar-refractivity contribution in [3.05, 3.63) is 23.8 Å². The number of hydrogen-bond donors (Lipinski definition) is 1. The van der Waals surface area contributed by atoms with E-state index in [1.165, 1.54) is 0 Å². The lowest BCUT2D eigenvalue weighted by Crippen LogP contribution is -2.48. The minimum atomic E-state index is 0.108. The molecule has 1 saturated heterocycles. The lowest BCUT2D eigenvalue weighted by molar-refractivity contribution is -0.133. The first-order valence-electron chi connectivity index (χ1n) is 7.40. The van der Waals surface area contributed by atoms with Gasteiger partial charge in [0.15, 0.2) is 0 Å². The van der Waals surface area contributed by atoms with Crippen LogP contribution in [0, 0.1) is 0 Å². The van der Waals surface area contributed by atoms with Gasteiger partial charge in [-0.25, -0.2) is 0 Å². The molecule has 0 bridgehead atoms. The summed E-state index contributed by atoms with van der Waals surface area (Å²) >= 11 is 0. The smallest absolute Gasteiger partial charge is 0.227 e. The molecule has 2 N–H and O–H groups in total. The van der Waals surface area contributed by atoms with Crippen LogP contribution in [0.3, 0.4) is 0 Å². The van der Waals surface area contributed by atoms with Crippen LogP contribution in [0.1, 0.15) is 24.8 Å². The molecular formula is C16H24N2O3. The molecule has 0 aliphatic carbocycles. The average Bonchev–Trinajstić information content (AvgIpc) is 2.54. The predicted octanol–water partition coefficient (Wildman–Crippen LogP) is 1.59. The van der Waals surface area contributed by atoms with E-state index in [1.807, 2.05) is 23.1 Å². The SMILES string of the molecule is COc1ccc(OC)c(CC(=O)N2CCCCC2CN)c1. The van der Waals surface area contributed by atoms with Gasteiger partial charge >= 0.3 is 0 Å². The van der Waals surface area contributed by atoms with Gasteiger partial charge in [0, 0.05) is 24.7 Å². The van der Waals surface area contributed by atoms with Gasteiger partial charge in [-0.1, -0.05) is 0 Å². The number of methoxy groups -OCH3 is 2. The molecule has 1 fully saturated rings. The summed E-state index contributed by atoms with van der Waals surface area (Å²) in [5.41, 5.74) is 6.64.